The number of aromatic nitrogens is 1. The molecule has 0 aliphatic carbocycles. The molecule has 0 unspecified atom stereocenters. The number of H-pyrrole nitrogens is 1. The lowest BCUT2D eigenvalue weighted by atomic mass is 10.3. The van der Waals surface area contributed by atoms with Crippen molar-refractivity contribution in [2.75, 3.05) is 6.61 Å². The van der Waals surface area contributed by atoms with Crippen LogP contribution < -0.4 is 10.2 Å². The van der Waals surface area contributed by atoms with Crippen molar-refractivity contribution >= 4 is 46.9 Å². The van der Waals surface area contributed by atoms with E-state index in [2.05, 4.69) is 15.5 Å². The second kappa shape index (κ2) is 7.73. The van der Waals surface area contributed by atoms with Crippen molar-refractivity contribution in [3.8, 4) is 5.75 Å². The summed E-state index contributed by atoms with van der Waals surface area (Å²) in [5, 5.41) is 4.72. The number of hydrogen-bond acceptors (Lipinski definition) is 3. The Hall–Kier alpha value is -1.69. The number of carbonyl (C=O) groups is 1. The standard InChI is InChI=1S/C15H14Cl3N3O2/c1-8-3-9(2)20-13(8)6-19-21-14(22)7-23-15-11(17)4-10(16)5-12(15)18/h3-6,20H,7H2,1-2H3,(H,21,22). The molecule has 0 spiro atoms. The fourth-order valence-corrected chi connectivity index (χ4v) is 2.82. The van der Waals surface area contributed by atoms with Gasteiger partial charge >= 0.3 is 0 Å². The zero-order valence-electron chi connectivity index (χ0n) is 12.4. The van der Waals surface area contributed by atoms with Crippen molar-refractivity contribution in [1.82, 2.24) is 10.4 Å². The Morgan fingerprint density at radius 3 is 2.48 bits per heavy atom. The molecule has 2 rings (SSSR count). The third-order valence-corrected chi connectivity index (χ3v) is 3.66. The van der Waals surface area contributed by atoms with E-state index in [-0.39, 0.29) is 22.4 Å². The van der Waals surface area contributed by atoms with Gasteiger partial charge in [-0.15, -0.1) is 0 Å². The highest BCUT2D eigenvalue weighted by Gasteiger charge is 2.11. The Kier molecular flexibility index (Phi) is 5.93. The first-order valence-electron chi connectivity index (χ1n) is 6.62. The molecular formula is C15H14Cl3N3O2. The Labute approximate surface area is 148 Å². The monoisotopic (exact) mass is 373 g/mol. The van der Waals surface area contributed by atoms with Crippen LogP contribution in [0.2, 0.25) is 15.1 Å². The Bertz CT molecular complexity index is 733. The Morgan fingerprint density at radius 2 is 1.91 bits per heavy atom. The molecule has 2 aromatic rings. The van der Waals surface area contributed by atoms with E-state index in [4.69, 9.17) is 39.5 Å². The van der Waals surface area contributed by atoms with Crippen LogP contribution in [0.1, 0.15) is 17.0 Å². The summed E-state index contributed by atoms with van der Waals surface area (Å²) in [5.41, 5.74) is 5.25. The van der Waals surface area contributed by atoms with Gasteiger partial charge in [0.05, 0.1) is 22.0 Å². The summed E-state index contributed by atoms with van der Waals surface area (Å²) in [4.78, 5) is 14.8. The van der Waals surface area contributed by atoms with Crippen molar-refractivity contribution in [3.63, 3.8) is 0 Å². The third-order valence-electron chi connectivity index (χ3n) is 2.88. The maximum absolute atomic E-state index is 11.7. The molecule has 0 aliphatic heterocycles. The summed E-state index contributed by atoms with van der Waals surface area (Å²) in [6.45, 7) is 3.61. The maximum atomic E-state index is 11.7. The van der Waals surface area contributed by atoms with Crippen molar-refractivity contribution in [2.45, 2.75) is 13.8 Å². The fraction of sp³-hybridized carbons (Fsp3) is 0.200. The zero-order valence-corrected chi connectivity index (χ0v) is 14.7. The van der Waals surface area contributed by atoms with Crippen molar-refractivity contribution in [3.05, 3.63) is 50.2 Å². The van der Waals surface area contributed by atoms with Crippen LogP contribution in [-0.4, -0.2) is 23.7 Å². The molecule has 122 valence electrons. The normalized spacial score (nSPS) is 11.0. The zero-order chi connectivity index (χ0) is 17.0. The molecule has 2 N–H and O–H groups in total. The minimum absolute atomic E-state index is 0.202. The van der Waals surface area contributed by atoms with Crippen LogP contribution in [0.25, 0.3) is 0 Å². The van der Waals surface area contributed by atoms with Gasteiger partial charge in [0, 0.05) is 10.7 Å². The molecule has 23 heavy (non-hydrogen) atoms. The highest BCUT2D eigenvalue weighted by Crippen LogP contribution is 2.35. The van der Waals surface area contributed by atoms with E-state index in [1.54, 1.807) is 0 Å². The van der Waals surface area contributed by atoms with Gasteiger partial charge in [-0.2, -0.15) is 5.10 Å². The van der Waals surface area contributed by atoms with Gasteiger partial charge in [-0.25, -0.2) is 5.43 Å². The minimum atomic E-state index is -0.440. The number of nitrogens with one attached hydrogen (secondary N) is 2. The predicted octanol–water partition coefficient (Wildman–Crippen LogP) is 4.12. The van der Waals surface area contributed by atoms with Gasteiger partial charge in [0.25, 0.3) is 5.91 Å². The molecule has 0 aliphatic rings. The van der Waals surface area contributed by atoms with E-state index in [0.717, 1.165) is 17.0 Å². The van der Waals surface area contributed by atoms with Gasteiger partial charge in [-0.3, -0.25) is 4.79 Å². The lowest BCUT2D eigenvalue weighted by Crippen LogP contribution is -2.24. The number of nitrogens with zero attached hydrogens (tertiary/aromatic N) is 1. The van der Waals surface area contributed by atoms with Gasteiger partial charge < -0.3 is 9.72 Å². The molecule has 0 radical (unpaired) electrons. The maximum Gasteiger partial charge on any atom is 0.277 e. The molecular weight excluding hydrogens is 361 g/mol. The Balaban J connectivity index is 1.90. The number of benzene rings is 1. The van der Waals surface area contributed by atoms with Gasteiger partial charge in [-0.05, 0) is 37.6 Å². The highest BCUT2D eigenvalue weighted by molar-refractivity contribution is 6.40. The first kappa shape index (κ1) is 17.7. The minimum Gasteiger partial charge on any atom is -0.481 e. The quantitative estimate of drug-likeness (QED) is 0.610. The number of aryl methyl sites for hydroxylation is 2. The van der Waals surface area contributed by atoms with Crippen LogP contribution in [0.5, 0.6) is 5.75 Å². The summed E-state index contributed by atoms with van der Waals surface area (Å²) >= 11 is 17.7. The number of aromatic amines is 1. The summed E-state index contributed by atoms with van der Waals surface area (Å²) in [6.07, 6.45) is 1.53. The predicted molar refractivity (Wildman–Crippen MR) is 93.0 cm³/mol. The topological polar surface area (TPSA) is 66.5 Å². The van der Waals surface area contributed by atoms with E-state index < -0.39 is 5.91 Å². The number of hydrogen-bond donors (Lipinski definition) is 2. The van der Waals surface area contributed by atoms with Gasteiger partial charge in [0.15, 0.2) is 12.4 Å². The number of hydrazone groups is 1. The SMILES string of the molecule is Cc1cc(C)c(C=NNC(=O)COc2c(Cl)cc(Cl)cc2Cl)[nH]1. The molecule has 0 saturated carbocycles. The number of rotatable bonds is 5. The van der Waals surface area contributed by atoms with Crippen LogP contribution in [0, 0.1) is 13.8 Å². The van der Waals surface area contributed by atoms with Gasteiger partial charge in [0.2, 0.25) is 0 Å². The van der Waals surface area contributed by atoms with Crippen molar-refractivity contribution in [1.29, 1.82) is 0 Å². The number of ether oxygens (including phenoxy) is 1. The van der Waals surface area contributed by atoms with Gasteiger partial charge in [-0.1, -0.05) is 34.8 Å². The molecule has 0 saturated heterocycles. The number of amides is 1. The van der Waals surface area contributed by atoms with Crippen LogP contribution >= 0.6 is 34.8 Å². The van der Waals surface area contributed by atoms with Crippen molar-refractivity contribution < 1.29 is 9.53 Å². The van der Waals surface area contributed by atoms with E-state index in [9.17, 15) is 4.79 Å². The van der Waals surface area contributed by atoms with E-state index >= 15 is 0 Å². The molecule has 1 amide bonds. The van der Waals surface area contributed by atoms with Crippen LogP contribution in [0.4, 0.5) is 0 Å². The average Bonchev–Trinajstić information content (AvgIpc) is 2.76. The van der Waals surface area contributed by atoms with Crippen LogP contribution in [0.15, 0.2) is 23.3 Å². The van der Waals surface area contributed by atoms with E-state index in [1.165, 1.54) is 18.3 Å². The lowest BCUT2D eigenvalue weighted by molar-refractivity contribution is -0.123. The van der Waals surface area contributed by atoms with E-state index in [1.807, 2.05) is 19.9 Å². The lowest BCUT2D eigenvalue weighted by Gasteiger charge is -2.09. The van der Waals surface area contributed by atoms with Crippen LogP contribution in [-0.2, 0) is 4.79 Å². The molecule has 1 aromatic heterocycles. The number of halogens is 3. The highest BCUT2D eigenvalue weighted by atomic mass is 35.5. The third kappa shape index (κ3) is 4.89. The van der Waals surface area contributed by atoms with Crippen molar-refractivity contribution in [2.24, 2.45) is 5.10 Å². The number of carbonyl (C=O) groups excluding carboxylic acids is 1. The molecule has 0 atom stereocenters. The fourth-order valence-electron chi connectivity index (χ4n) is 1.89. The molecule has 0 bridgehead atoms. The largest absolute Gasteiger partial charge is 0.481 e. The molecule has 0 fully saturated rings. The molecule has 1 aromatic carbocycles. The smallest absolute Gasteiger partial charge is 0.277 e. The summed E-state index contributed by atoms with van der Waals surface area (Å²) in [5.74, 6) is -0.239. The summed E-state index contributed by atoms with van der Waals surface area (Å²) in [7, 11) is 0. The average molecular weight is 375 g/mol. The van der Waals surface area contributed by atoms with Gasteiger partial charge in [0.1, 0.15) is 0 Å². The molecule has 8 heteroatoms. The first-order chi connectivity index (χ1) is 10.9. The molecule has 5 nitrogen and oxygen atoms in total. The summed E-state index contributed by atoms with van der Waals surface area (Å²) < 4.78 is 5.30. The second-order valence-electron chi connectivity index (χ2n) is 4.83. The van der Waals surface area contributed by atoms with E-state index in [0.29, 0.717) is 5.02 Å². The molecule has 1 heterocycles. The second-order valence-corrected chi connectivity index (χ2v) is 6.08. The van der Waals surface area contributed by atoms with Crippen LogP contribution in [0.3, 0.4) is 0 Å². The summed E-state index contributed by atoms with van der Waals surface area (Å²) in [6, 6.07) is 4.95. The first-order valence-corrected chi connectivity index (χ1v) is 7.75. The Morgan fingerprint density at radius 1 is 1.26 bits per heavy atom.